The zero-order chi connectivity index (χ0) is 19.6. The third-order valence-electron chi connectivity index (χ3n) is 3.99. The highest BCUT2D eigenvalue weighted by Crippen LogP contribution is 2.26. The molecule has 2 N–H and O–H groups in total. The second kappa shape index (κ2) is 7.43. The number of amides is 1. The molecule has 0 saturated heterocycles. The molecule has 0 heterocycles. The van der Waals surface area contributed by atoms with Gasteiger partial charge in [0.05, 0.1) is 16.2 Å². The molecule has 3 aromatic rings. The molecule has 136 valence electrons. The summed E-state index contributed by atoms with van der Waals surface area (Å²) >= 11 is 5.79. The van der Waals surface area contributed by atoms with Crippen molar-refractivity contribution in [3.63, 3.8) is 0 Å². The molecule has 8 heteroatoms. The first-order valence-corrected chi connectivity index (χ1v) is 8.25. The molecule has 0 aliphatic carbocycles. The Labute approximate surface area is 159 Å². The Morgan fingerprint density at radius 1 is 1.15 bits per heavy atom. The van der Waals surface area contributed by atoms with E-state index in [0.29, 0.717) is 11.3 Å². The summed E-state index contributed by atoms with van der Waals surface area (Å²) in [6.45, 7) is 1.59. The normalized spacial score (nSPS) is 11.4. The summed E-state index contributed by atoms with van der Waals surface area (Å²) in [6.07, 6.45) is 0. The minimum Gasteiger partial charge on any atom is -0.507 e. The van der Waals surface area contributed by atoms with Crippen LogP contribution in [0.15, 0.2) is 59.7 Å². The average molecular weight is 384 g/mol. The van der Waals surface area contributed by atoms with Crippen LogP contribution in [0, 0.1) is 10.1 Å². The Morgan fingerprint density at radius 2 is 1.81 bits per heavy atom. The molecular weight excluding hydrogens is 370 g/mol. The number of nitrogens with zero attached hydrogens (tertiary/aromatic N) is 2. The van der Waals surface area contributed by atoms with Gasteiger partial charge in [0.2, 0.25) is 0 Å². The van der Waals surface area contributed by atoms with E-state index in [0.717, 1.165) is 10.8 Å². The fourth-order valence-electron chi connectivity index (χ4n) is 2.55. The van der Waals surface area contributed by atoms with Crippen LogP contribution in [-0.2, 0) is 0 Å². The third-order valence-corrected chi connectivity index (χ3v) is 4.31. The fourth-order valence-corrected chi connectivity index (χ4v) is 2.73. The smallest absolute Gasteiger partial charge is 0.288 e. The molecule has 7 nitrogen and oxygen atoms in total. The standard InChI is InChI=1S/C19H14ClN3O4/c1-11(12-6-7-16(20)17(9-12)23(26)27)21-22-19(25)15-8-13-4-2-3-5-14(13)10-18(15)24/h2-10,24H,1H3,(H,22,25). The van der Waals surface area contributed by atoms with Crippen molar-refractivity contribution in [2.24, 2.45) is 5.10 Å². The number of carbonyl (C=O) groups excluding carboxylic acids is 1. The number of carbonyl (C=O) groups is 1. The lowest BCUT2D eigenvalue weighted by atomic mass is 10.1. The van der Waals surface area contributed by atoms with Crippen molar-refractivity contribution in [3.05, 3.63) is 80.9 Å². The molecule has 0 aliphatic rings. The van der Waals surface area contributed by atoms with Crippen molar-refractivity contribution < 1.29 is 14.8 Å². The highest BCUT2D eigenvalue weighted by Gasteiger charge is 2.15. The van der Waals surface area contributed by atoms with Gasteiger partial charge in [0.25, 0.3) is 11.6 Å². The van der Waals surface area contributed by atoms with Crippen LogP contribution in [-0.4, -0.2) is 21.6 Å². The van der Waals surface area contributed by atoms with E-state index in [9.17, 15) is 20.0 Å². The molecule has 1 amide bonds. The molecular formula is C19H14ClN3O4. The number of nitrogens with one attached hydrogen (secondary N) is 1. The summed E-state index contributed by atoms with van der Waals surface area (Å²) in [4.78, 5) is 22.8. The number of hydrogen-bond acceptors (Lipinski definition) is 5. The Hall–Kier alpha value is -3.45. The summed E-state index contributed by atoms with van der Waals surface area (Å²) in [6, 6.07) is 14.6. The number of nitro benzene ring substituents is 1. The predicted molar refractivity (Wildman–Crippen MR) is 103 cm³/mol. The number of benzene rings is 3. The maximum atomic E-state index is 12.4. The number of rotatable bonds is 4. The number of hydrazone groups is 1. The summed E-state index contributed by atoms with van der Waals surface area (Å²) in [7, 11) is 0. The molecule has 0 atom stereocenters. The molecule has 3 aromatic carbocycles. The molecule has 0 unspecified atom stereocenters. The molecule has 0 aliphatic heterocycles. The van der Waals surface area contributed by atoms with Crippen LogP contribution in [0.1, 0.15) is 22.8 Å². The van der Waals surface area contributed by atoms with E-state index in [1.54, 1.807) is 19.1 Å². The number of phenols is 1. The zero-order valence-electron chi connectivity index (χ0n) is 14.1. The number of phenolic OH excluding ortho intramolecular Hbond substituents is 1. The molecule has 27 heavy (non-hydrogen) atoms. The third kappa shape index (κ3) is 3.88. The molecule has 0 bridgehead atoms. The van der Waals surface area contributed by atoms with Gasteiger partial charge in [-0.3, -0.25) is 14.9 Å². The van der Waals surface area contributed by atoms with Gasteiger partial charge in [0.15, 0.2) is 0 Å². The first-order valence-electron chi connectivity index (χ1n) is 7.87. The van der Waals surface area contributed by atoms with Crippen molar-refractivity contribution in [2.45, 2.75) is 6.92 Å². The van der Waals surface area contributed by atoms with Gasteiger partial charge in [-0.15, -0.1) is 0 Å². The average Bonchev–Trinajstić information content (AvgIpc) is 2.65. The van der Waals surface area contributed by atoms with Gasteiger partial charge in [-0.2, -0.15) is 5.10 Å². The van der Waals surface area contributed by atoms with E-state index in [-0.39, 0.29) is 22.0 Å². The number of aromatic hydroxyl groups is 1. The Bertz CT molecular complexity index is 1100. The molecule has 0 radical (unpaired) electrons. The van der Waals surface area contributed by atoms with Crippen LogP contribution >= 0.6 is 11.6 Å². The van der Waals surface area contributed by atoms with Crippen LogP contribution in [0.25, 0.3) is 10.8 Å². The monoisotopic (exact) mass is 383 g/mol. The molecule has 0 saturated carbocycles. The van der Waals surface area contributed by atoms with E-state index in [2.05, 4.69) is 10.5 Å². The van der Waals surface area contributed by atoms with E-state index >= 15 is 0 Å². The van der Waals surface area contributed by atoms with Gasteiger partial charge >= 0.3 is 0 Å². The SMILES string of the molecule is CC(=NNC(=O)c1cc2ccccc2cc1O)c1ccc(Cl)c([N+](=O)[O-])c1. The van der Waals surface area contributed by atoms with E-state index in [4.69, 9.17) is 11.6 Å². The van der Waals surface area contributed by atoms with Gasteiger partial charge in [-0.1, -0.05) is 41.9 Å². The van der Waals surface area contributed by atoms with E-state index in [1.807, 2.05) is 24.3 Å². The van der Waals surface area contributed by atoms with E-state index < -0.39 is 10.8 Å². The van der Waals surface area contributed by atoms with Crippen molar-refractivity contribution in [1.29, 1.82) is 0 Å². The first-order chi connectivity index (χ1) is 12.9. The summed E-state index contributed by atoms with van der Waals surface area (Å²) < 4.78 is 0. The number of halogens is 1. The maximum Gasteiger partial charge on any atom is 0.288 e. The molecule has 0 fully saturated rings. The molecule has 0 aromatic heterocycles. The van der Waals surface area contributed by atoms with Gasteiger partial charge in [0, 0.05) is 11.6 Å². The number of fused-ring (bicyclic) bond motifs is 1. The second-order valence-corrected chi connectivity index (χ2v) is 6.19. The summed E-state index contributed by atoms with van der Waals surface area (Å²) in [5.41, 5.74) is 2.97. The van der Waals surface area contributed by atoms with Crippen molar-refractivity contribution in [3.8, 4) is 5.75 Å². The Balaban J connectivity index is 1.85. The van der Waals surface area contributed by atoms with Crippen molar-refractivity contribution in [2.75, 3.05) is 0 Å². The lowest BCUT2D eigenvalue weighted by Crippen LogP contribution is -2.19. The summed E-state index contributed by atoms with van der Waals surface area (Å²) in [5, 5.41) is 26.6. The Morgan fingerprint density at radius 3 is 2.48 bits per heavy atom. The Kier molecular flexibility index (Phi) is 5.05. The van der Waals surface area contributed by atoms with Crippen molar-refractivity contribution in [1.82, 2.24) is 5.43 Å². The highest BCUT2D eigenvalue weighted by atomic mass is 35.5. The molecule has 0 spiro atoms. The lowest BCUT2D eigenvalue weighted by molar-refractivity contribution is -0.384. The fraction of sp³-hybridized carbons (Fsp3) is 0.0526. The van der Waals surface area contributed by atoms with Crippen molar-refractivity contribution >= 4 is 39.7 Å². The van der Waals surface area contributed by atoms with Crippen LogP contribution in [0.3, 0.4) is 0 Å². The van der Waals surface area contributed by atoms with E-state index in [1.165, 1.54) is 18.2 Å². The predicted octanol–water partition coefficient (Wildman–Crippen LogP) is 4.26. The minimum atomic E-state index is -0.596. The maximum absolute atomic E-state index is 12.4. The highest BCUT2D eigenvalue weighted by molar-refractivity contribution is 6.32. The van der Waals surface area contributed by atoms with Crippen LogP contribution in [0.5, 0.6) is 5.75 Å². The van der Waals surface area contributed by atoms with Gasteiger partial charge in [0.1, 0.15) is 10.8 Å². The van der Waals surface area contributed by atoms with Gasteiger partial charge in [-0.05, 0) is 35.9 Å². The van der Waals surface area contributed by atoms with Crippen LogP contribution < -0.4 is 5.43 Å². The topological polar surface area (TPSA) is 105 Å². The largest absolute Gasteiger partial charge is 0.507 e. The second-order valence-electron chi connectivity index (χ2n) is 5.78. The number of nitro groups is 1. The lowest BCUT2D eigenvalue weighted by Gasteiger charge is -2.07. The molecule has 3 rings (SSSR count). The minimum absolute atomic E-state index is 0.0154. The van der Waals surface area contributed by atoms with Gasteiger partial charge < -0.3 is 5.11 Å². The first kappa shape index (κ1) is 18.3. The number of hydrogen-bond donors (Lipinski definition) is 2. The zero-order valence-corrected chi connectivity index (χ0v) is 14.9. The van der Waals surface area contributed by atoms with Crippen LogP contribution in [0.2, 0.25) is 5.02 Å². The van der Waals surface area contributed by atoms with Gasteiger partial charge in [-0.25, -0.2) is 5.43 Å². The quantitative estimate of drug-likeness (QED) is 0.399. The summed E-state index contributed by atoms with van der Waals surface area (Å²) in [5.74, 6) is -0.762. The van der Waals surface area contributed by atoms with Crippen LogP contribution in [0.4, 0.5) is 5.69 Å².